The molecule has 1 saturated carbocycles. The maximum absolute atomic E-state index is 10.8. The summed E-state index contributed by atoms with van der Waals surface area (Å²) in [4.78, 5) is 13.9. The van der Waals surface area contributed by atoms with Gasteiger partial charge < -0.3 is 15.0 Å². The van der Waals surface area contributed by atoms with E-state index in [-0.39, 0.29) is 0 Å². The lowest BCUT2D eigenvalue weighted by Gasteiger charge is -2.30. The zero-order valence-corrected chi connectivity index (χ0v) is 17.6. The molecule has 2 aromatic rings. The van der Waals surface area contributed by atoms with E-state index in [1.54, 1.807) is 0 Å². The molecule has 2 unspecified atom stereocenters. The van der Waals surface area contributed by atoms with Crippen LogP contribution in [0.2, 0.25) is 0 Å². The zero-order valence-electron chi connectivity index (χ0n) is 17.6. The molecule has 28 heavy (non-hydrogen) atoms. The smallest absolute Gasteiger partial charge is 0.209 e. The van der Waals surface area contributed by atoms with Crippen molar-refractivity contribution in [1.29, 1.82) is 0 Å². The number of hydrogen-bond acceptors (Lipinski definition) is 5. The third-order valence-corrected chi connectivity index (χ3v) is 5.64. The Morgan fingerprint density at radius 3 is 2.79 bits per heavy atom. The van der Waals surface area contributed by atoms with E-state index in [2.05, 4.69) is 64.4 Å². The maximum atomic E-state index is 10.8. The van der Waals surface area contributed by atoms with Gasteiger partial charge in [-0.2, -0.15) is 0 Å². The summed E-state index contributed by atoms with van der Waals surface area (Å²) in [6, 6.07) is 0.332. The summed E-state index contributed by atoms with van der Waals surface area (Å²) >= 11 is 0. The Morgan fingerprint density at radius 1 is 1.32 bits per heavy atom. The highest BCUT2D eigenvalue weighted by atomic mass is 16.3. The second kappa shape index (κ2) is 8.91. The van der Waals surface area contributed by atoms with Crippen LogP contribution in [0.3, 0.4) is 0 Å². The third kappa shape index (κ3) is 4.64. The van der Waals surface area contributed by atoms with E-state index >= 15 is 0 Å². The standard InChI is InChI=1S/C22H33N5O/c1-5-13-27-15-23-19-20(24-17(6-2)7-3)25-18(26-21(19)27)10-12-22(28)11-8-9-16(4)14-22/h15-17,28H,5-9,11,13-14H2,1-4H3,(H,24,25,26). The fraction of sp³-hybridized carbons (Fsp3) is 0.682. The Labute approximate surface area is 168 Å². The molecule has 0 aliphatic heterocycles. The molecule has 2 heterocycles. The van der Waals surface area contributed by atoms with Crippen LogP contribution in [0.25, 0.3) is 11.2 Å². The Bertz CT molecular complexity index is 861. The van der Waals surface area contributed by atoms with Crippen LogP contribution in [-0.2, 0) is 6.54 Å². The summed E-state index contributed by atoms with van der Waals surface area (Å²) in [7, 11) is 0. The molecule has 0 radical (unpaired) electrons. The van der Waals surface area contributed by atoms with E-state index in [1.807, 2.05) is 6.33 Å². The fourth-order valence-electron chi connectivity index (χ4n) is 4.00. The summed E-state index contributed by atoms with van der Waals surface area (Å²) in [5.41, 5.74) is 0.664. The minimum absolute atomic E-state index is 0.332. The van der Waals surface area contributed by atoms with Gasteiger partial charge in [-0.15, -0.1) is 0 Å². The number of anilines is 1. The van der Waals surface area contributed by atoms with Gasteiger partial charge in [0.05, 0.1) is 6.33 Å². The average Bonchev–Trinajstić information content (AvgIpc) is 3.08. The number of nitrogens with one attached hydrogen (secondary N) is 1. The van der Waals surface area contributed by atoms with Crippen LogP contribution in [0.15, 0.2) is 6.33 Å². The number of nitrogens with zero attached hydrogens (tertiary/aromatic N) is 4. The highest BCUT2D eigenvalue weighted by Crippen LogP contribution is 2.31. The lowest BCUT2D eigenvalue weighted by molar-refractivity contribution is 0.0410. The van der Waals surface area contributed by atoms with Gasteiger partial charge in [-0.3, -0.25) is 0 Å². The van der Waals surface area contributed by atoms with Gasteiger partial charge in [0.25, 0.3) is 0 Å². The second-order valence-corrected chi connectivity index (χ2v) is 8.15. The molecular formula is C22H33N5O. The molecule has 152 valence electrons. The number of aryl methyl sites for hydroxylation is 1. The van der Waals surface area contributed by atoms with Crippen molar-refractivity contribution in [3.63, 3.8) is 0 Å². The van der Waals surface area contributed by atoms with Gasteiger partial charge in [0, 0.05) is 12.6 Å². The van der Waals surface area contributed by atoms with Crippen molar-refractivity contribution in [2.45, 2.75) is 90.8 Å². The number of aromatic nitrogens is 4. The largest absolute Gasteiger partial charge is 0.378 e. The first kappa shape index (κ1) is 20.6. The molecule has 1 fully saturated rings. The summed E-state index contributed by atoms with van der Waals surface area (Å²) in [6.45, 7) is 9.49. The molecule has 0 amide bonds. The van der Waals surface area contributed by atoms with Crippen molar-refractivity contribution in [3.05, 3.63) is 12.2 Å². The summed E-state index contributed by atoms with van der Waals surface area (Å²) in [5.74, 6) is 7.84. The Balaban J connectivity index is 2.00. The molecule has 2 N–H and O–H groups in total. The molecule has 0 saturated heterocycles. The van der Waals surface area contributed by atoms with E-state index < -0.39 is 5.60 Å². The average molecular weight is 384 g/mol. The van der Waals surface area contributed by atoms with Gasteiger partial charge in [0.1, 0.15) is 5.60 Å². The minimum atomic E-state index is -0.928. The molecule has 1 aliphatic rings. The zero-order chi connectivity index (χ0) is 20.1. The van der Waals surface area contributed by atoms with Gasteiger partial charge in [-0.1, -0.05) is 40.0 Å². The molecule has 6 heteroatoms. The predicted molar refractivity (Wildman–Crippen MR) is 113 cm³/mol. The highest BCUT2D eigenvalue weighted by molar-refractivity contribution is 5.83. The molecule has 0 bridgehead atoms. The van der Waals surface area contributed by atoms with E-state index in [1.165, 1.54) is 0 Å². The quantitative estimate of drug-likeness (QED) is 0.734. The summed E-state index contributed by atoms with van der Waals surface area (Å²) in [5, 5.41) is 14.4. The number of hydrogen-bond donors (Lipinski definition) is 2. The second-order valence-electron chi connectivity index (χ2n) is 8.15. The highest BCUT2D eigenvalue weighted by Gasteiger charge is 2.30. The molecule has 3 rings (SSSR count). The van der Waals surface area contributed by atoms with Gasteiger partial charge in [-0.25, -0.2) is 15.0 Å². The number of imidazole rings is 1. The molecule has 0 aromatic carbocycles. The normalized spacial score (nSPS) is 22.3. The van der Waals surface area contributed by atoms with E-state index in [4.69, 9.17) is 0 Å². The SMILES string of the molecule is CCCn1cnc2c(NC(CC)CC)nc(C#CC3(O)CCCC(C)C3)nc21. The van der Waals surface area contributed by atoms with E-state index in [0.717, 1.165) is 68.5 Å². The van der Waals surface area contributed by atoms with Gasteiger partial charge in [0.2, 0.25) is 5.82 Å². The lowest BCUT2D eigenvalue weighted by atomic mass is 9.79. The van der Waals surface area contributed by atoms with E-state index in [0.29, 0.717) is 17.8 Å². The van der Waals surface area contributed by atoms with Crippen molar-refractivity contribution in [1.82, 2.24) is 19.5 Å². The van der Waals surface area contributed by atoms with Crippen molar-refractivity contribution < 1.29 is 5.11 Å². The molecule has 6 nitrogen and oxygen atoms in total. The van der Waals surface area contributed by atoms with Crippen LogP contribution in [0.4, 0.5) is 5.82 Å². The fourth-order valence-corrected chi connectivity index (χ4v) is 4.00. The maximum Gasteiger partial charge on any atom is 0.209 e. The Hall–Kier alpha value is -2.13. The number of rotatable bonds is 6. The van der Waals surface area contributed by atoms with Crippen molar-refractivity contribution in [2.24, 2.45) is 5.92 Å². The van der Waals surface area contributed by atoms with Crippen molar-refractivity contribution in [2.75, 3.05) is 5.32 Å². The lowest BCUT2D eigenvalue weighted by Crippen LogP contribution is -2.32. The van der Waals surface area contributed by atoms with Crippen LogP contribution in [0.1, 0.15) is 78.5 Å². The van der Waals surface area contributed by atoms with Gasteiger partial charge in [0.15, 0.2) is 17.0 Å². The van der Waals surface area contributed by atoms with E-state index in [9.17, 15) is 5.11 Å². The molecule has 0 spiro atoms. The number of aliphatic hydroxyl groups is 1. The minimum Gasteiger partial charge on any atom is -0.378 e. The van der Waals surface area contributed by atoms with Gasteiger partial charge in [-0.05, 0) is 50.4 Å². The third-order valence-electron chi connectivity index (χ3n) is 5.64. The van der Waals surface area contributed by atoms with Crippen molar-refractivity contribution in [3.8, 4) is 11.8 Å². The molecule has 2 atom stereocenters. The first-order valence-corrected chi connectivity index (χ1v) is 10.7. The van der Waals surface area contributed by atoms with Crippen LogP contribution in [0.5, 0.6) is 0 Å². The van der Waals surface area contributed by atoms with Crippen LogP contribution in [-0.4, -0.2) is 36.3 Å². The van der Waals surface area contributed by atoms with Crippen LogP contribution in [0, 0.1) is 17.8 Å². The Morgan fingerprint density at radius 2 is 2.11 bits per heavy atom. The summed E-state index contributed by atoms with van der Waals surface area (Å²) < 4.78 is 2.05. The topological polar surface area (TPSA) is 75.9 Å². The van der Waals surface area contributed by atoms with Gasteiger partial charge >= 0.3 is 0 Å². The van der Waals surface area contributed by atoms with Crippen LogP contribution < -0.4 is 5.32 Å². The first-order chi connectivity index (χ1) is 13.5. The molecular weight excluding hydrogens is 350 g/mol. The molecule has 2 aromatic heterocycles. The van der Waals surface area contributed by atoms with Crippen molar-refractivity contribution >= 4 is 17.0 Å². The predicted octanol–water partition coefficient (Wildman–Crippen LogP) is 4.13. The number of fused-ring (bicyclic) bond motifs is 1. The Kier molecular flexibility index (Phi) is 6.56. The monoisotopic (exact) mass is 383 g/mol. The molecule has 1 aliphatic carbocycles. The first-order valence-electron chi connectivity index (χ1n) is 10.7. The van der Waals surface area contributed by atoms with Crippen LogP contribution >= 0.6 is 0 Å². The summed E-state index contributed by atoms with van der Waals surface area (Å²) in [6.07, 6.45) is 8.46.